The van der Waals surface area contributed by atoms with E-state index in [0.717, 1.165) is 0 Å². The van der Waals surface area contributed by atoms with Crippen molar-refractivity contribution < 1.29 is 13.2 Å². The fourth-order valence-electron chi connectivity index (χ4n) is 1.01. The summed E-state index contributed by atoms with van der Waals surface area (Å²) in [5.41, 5.74) is 5.54. The van der Waals surface area contributed by atoms with Crippen LogP contribution in [0.5, 0.6) is 0 Å². The molecule has 0 saturated carbocycles. The van der Waals surface area contributed by atoms with E-state index in [-0.39, 0.29) is 5.56 Å². The molecule has 0 spiro atoms. The molecule has 0 aliphatic rings. The van der Waals surface area contributed by atoms with Crippen molar-refractivity contribution >= 4 is 0 Å². The molecule has 0 aromatic carbocycles. The Kier molecular flexibility index (Phi) is 2.56. The summed E-state index contributed by atoms with van der Waals surface area (Å²) in [5.74, 6) is 0. The standard InChI is InChI=1S/C8H9F3N2/c1-5-4-13-3-2-6(5)7(12)8(9,10)11/h2-4,7H,12H2,1H3. The van der Waals surface area contributed by atoms with E-state index in [2.05, 4.69) is 4.98 Å². The Balaban J connectivity index is 3.02. The Hall–Kier alpha value is -1.10. The highest BCUT2D eigenvalue weighted by Gasteiger charge is 2.38. The maximum atomic E-state index is 12.2. The first-order chi connectivity index (χ1) is 5.93. The predicted octanol–water partition coefficient (Wildman–Crippen LogP) is 1.95. The van der Waals surface area contributed by atoms with Gasteiger partial charge in [0.25, 0.3) is 0 Å². The van der Waals surface area contributed by atoms with Crippen molar-refractivity contribution in [3.63, 3.8) is 0 Å². The fourth-order valence-corrected chi connectivity index (χ4v) is 1.01. The predicted molar refractivity (Wildman–Crippen MR) is 42.0 cm³/mol. The van der Waals surface area contributed by atoms with Crippen LogP contribution in [0, 0.1) is 6.92 Å². The molecule has 0 bridgehead atoms. The molecule has 2 nitrogen and oxygen atoms in total. The lowest BCUT2D eigenvalue weighted by Gasteiger charge is -2.17. The minimum Gasteiger partial charge on any atom is -0.316 e. The largest absolute Gasteiger partial charge is 0.407 e. The number of aryl methyl sites for hydroxylation is 1. The van der Waals surface area contributed by atoms with Gasteiger partial charge >= 0.3 is 6.18 Å². The Morgan fingerprint density at radius 2 is 2.08 bits per heavy atom. The van der Waals surface area contributed by atoms with Crippen LogP contribution >= 0.6 is 0 Å². The van der Waals surface area contributed by atoms with E-state index in [1.54, 1.807) is 6.92 Å². The van der Waals surface area contributed by atoms with Gasteiger partial charge in [0.05, 0.1) is 0 Å². The molecule has 0 aliphatic carbocycles. The summed E-state index contributed by atoms with van der Waals surface area (Å²) in [5, 5.41) is 0. The number of pyridine rings is 1. The average Bonchev–Trinajstić information content (AvgIpc) is 2.02. The van der Waals surface area contributed by atoms with E-state index in [4.69, 9.17) is 5.73 Å². The molecule has 13 heavy (non-hydrogen) atoms. The third kappa shape index (κ3) is 2.18. The molecule has 0 amide bonds. The Labute approximate surface area is 73.6 Å². The van der Waals surface area contributed by atoms with Gasteiger partial charge in [0.15, 0.2) is 0 Å². The molecule has 72 valence electrons. The van der Waals surface area contributed by atoms with Gasteiger partial charge in [0.2, 0.25) is 0 Å². The van der Waals surface area contributed by atoms with Crippen LogP contribution in [0.25, 0.3) is 0 Å². The van der Waals surface area contributed by atoms with E-state index in [1.807, 2.05) is 0 Å². The first-order valence-corrected chi connectivity index (χ1v) is 3.65. The fraction of sp³-hybridized carbons (Fsp3) is 0.375. The molecule has 0 aliphatic heterocycles. The van der Waals surface area contributed by atoms with Gasteiger partial charge in [-0.1, -0.05) is 0 Å². The number of hydrogen-bond donors (Lipinski definition) is 1. The van der Waals surface area contributed by atoms with Crippen molar-refractivity contribution in [2.24, 2.45) is 5.73 Å². The van der Waals surface area contributed by atoms with Crippen molar-refractivity contribution in [2.75, 3.05) is 0 Å². The minimum atomic E-state index is -4.40. The first kappa shape index (κ1) is 9.98. The zero-order valence-corrected chi connectivity index (χ0v) is 6.97. The first-order valence-electron chi connectivity index (χ1n) is 3.65. The summed E-state index contributed by atoms with van der Waals surface area (Å²) in [7, 11) is 0. The van der Waals surface area contributed by atoms with Crippen molar-refractivity contribution in [2.45, 2.75) is 19.1 Å². The second kappa shape index (κ2) is 3.33. The van der Waals surface area contributed by atoms with Crippen LogP contribution in [0.2, 0.25) is 0 Å². The van der Waals surface area contributed by atoms with Crippen molar-refractivity contribution in [3.05, 3.63) is 29.6 Å². The normalized spacial score (nSPS) is 14.2. The molecule has 1 aromatic heterocycles. The van der Waals surface area contributed by atoms with Crippen LogP contribution in [0.1, 0.15) is 17.2 Å². The summed E-state index contributed by atoms with van der Waals surface area (Å²) >= 11 is 0. The summed E-state index contributed by atoms with van der Waals surface area (Å²) in [6, 6.07) is -0.636. The maximum absolute atomic E-state index is 12.2. The topological polar surface area (TPSA) is 38.9 Å². The van der Waals surface area contributed by atoms with Crippen LogP contribution in [-0.4, -0.2) is 11.2 Å². The van der Waals surface area contributed by atoms with Crippen molar-refractivity contribution in [1.29, 1.82) is 0 Å². The Morgan fingerprint density at radius 1 is 1.46 bits per heavy atom. The molecule has 2 N–H and O–H groups in total. The highest BCUT2D eigenvalue weighted by molar-refractivity contribution is 5.25. The van der Waals surface area contributed by atoms with Crippen LogP contribution < -0.4 is 5.73 Å². The average molecular weight is 190 g/mol. The quantitative estimate of drug-likeness (QED) is 0.735. The molecule has 5 heteroatoms. The molecular weight excluding hydrogens is 181 g/mol. The summed E-state index contributed by atoms with van der Waals surface area (Å²) in [6.07, 6.45) is -1.74. The SMILES string of the molecule is Cc1cnccc1C(N)C(F)(F)F. The van der Waals surface area contributed by atoms with Gasteiger partial charge in [0.1, 0.15) is 6.04 Å². The maximum Gasteiger partial charge on any atom is 0.407 e. The highest BCUT2D eigenvalue weighted by Crippen LogP contribution is 2.31. The van der Waals surface area contributed by atoms with E-state index in [9.17, 15) is 13.2 Å². The van der Waals surface area contributed by atoms with Crippen molar-refractivity contribution in [3.8, 4) is 0 Å². The smallest absolute Gasteiger partial charge is 0.316 e. The summed E-state index contributed by atoms with van der Waals surface area (Å²) in [6.45, 7) is 1.55. The number of rotatable bonds is 1. The van der Waals surface area contributed by atoms with Gasteiger partial charge in [-0.15, -0.1) is 0 Å². The number of nitrogens with two attached hydrogens (primary N) is 1. The zero-order valence-electron chi connectivity index (χ0n) is 6.97. The number of halogens is 3. The van der Waals surface area contributed by atoms with Gasteiger partial charge in [-0.25, -0.2) is 0 Å². The number of hydrogen-bond acceptors (Lipinski definition) is 2. The lowest BCUT2D eigenvalue weighted by Crippen LogP contribution is -2.29. The van der Waals surface area contributed by atoms with Crippen LogP contribution in [0.15, 0.2) is 18.5 Å². The number of alkyl halides is 3. The molecule has 0 radical (unpaired) electrons. The van der Waals surface area contributed by atoms with Crippen molar-refractivity contribution in [1.82, 2.24) is 4.98 Å². The Bertz CT molecular complexity index is 296. The Morgan fingerprint density at radius 3 is 2.54 bits per heavy atom. The second-order valence-electron chi connectivity index (χ2n) is 2.75. The number of aromatic nitrogens is 1. The molecule has 0 saturated heterocycles. The third-order valence-corrected chi connectivity index (χ3v) is 1.75. The lowest BCUT2D eigenvalue weighted by molar-refractivity contribution is -0.149. The van der Waals surface area contributed by atoms with Crippen LogP contribution in [0.3, 0.4) is 0 Å². The van der Waals surface area contributed by atoms with E-state index in [1.165, 1.54) is 18.5 Å². The molecule has 1 unspecified atom stereocenters. The number of nitrogens with zero attached hydrogens (tertiary/aromatic N) is 1. The van der Waals surface area contributed by atoms with E-state index < -0.39 is 12.2 Å². The molecule has 1 rings (SSSR count). The summed E-state index contributed by atoms with van der Waals surface area (Å²) < 4.78 is 36.5. The van der Waals surface area contributed by atoms with E-state index >= 15 is 0 Å². The van der Waals surface area contributed by atoms with Gasteiger partial charge in [0, 0.05) is 12.4 Å². The lowest BCUT2D eigenvalue weighted by atomic mass is 10.0. The van der Waals surface area contributed by atoms with Gasteiger partial charge in [-0.3, -0.25) is 4.98 Å². The molecule has 1 atom stereocenters. The molecule has 0 fully saturated rings. The van der Waals surface area contributed by atoms with Gasteiger partial charge in [-0.05, 0) is 24.1 Å². The van der Waals surface area contributed by atoms with Gasteiger partial charge in [-0.2, -0.15) is 13.2 Å². The second-order valence-corrected chi connectivity index (χ2v) is 2.75. The third-order valence-electron chi connectivity index (χ3n) is 1.75. The van der Waals surface area contributed by atoms with Gasteiger partial charge < -0.3 is 5.73 Å². The van der Waals surface area contributed by atoms with Crippen LogP contribution in [0.4, 0.5) is 13.2 Å². The monoisotopic (exact) mass is 190 g/mol. The summed E-state index contributed by atoms with van der Waals surface area (Å²) in [4.78, 5) is 3.69. The zero-order chi connectivity index (χ0) is 10.1. The molecular formula is C8H9F3N2. The molecule has 1 heterocycles. The van der Waals surface area contributed by atoms with Crippen LogP contribution in [-0.2, 0) is 0 Å². The minimum absolute atomic E-state index is 0.0718. The highest BCUT2D eigenvalue weighted by atomic mass is 19.4. The van der Waals surface area contributed by atoms with E-state index in [0.29, 0.717) is 5.56 Å². The molecule has 1 aromatic rings.